The molecule has 1 aliphatic heterocycles. The number of fused-ring (bicyclic) bond motifs is 1. The number of likely N-dealkylation sites (N-methyl/N-ethyl adjacent to an activating group) is 1. The van der Waals surface area contributed by atoms with Gasteiger partial charge in [-0.05, 0) is 60.1 Å². The largest absolute Gasteiger partial charge is 0.384 e. The van der Waals surface area contributed by atoms with Crippen LogP contribution in [0.4, 0.5) is 5.69 Å². The number of hydrogen-bond donors (Lipinski definition) is 4. The lowest BCUT2D eigenvalue weighted by Gasteiger charge is -2.30. The lowest BCUT2D eigenvalue weighted by atomic mass is 9.95. The third-order valence-electron chi connectivity index (χ3n) is 12.3. The number of hydrogen-bond acceptors (Lipinski definition) is 8. The summed E-state index contributed by atoms with van der Waals surface area (Å²) in [4.78, 5) is 68.8. The van der Waals surface area contributed by atoms with Gasteiger partial charge in [-0.15, -0.1) is 0 Å². The number of nitrogens with zero attached hydrogens (tertiary/aromatic N) is 4. The molecule has 0 bridgehead atoms. The Labute approximate surface area is 366 Å². The molecule has 1 atom stereocenters. The van der Waals surface area contributed by atoms with Crippen LogP contribution < -0.4 is 21.4 Å². The standard InChI is InChI=1S/C50H52N8O5/c1-56(41-26-27-43(61)55-49(41)62)50(63)38-19-11-20-40(39(38)31-59)52-28-12-21-42(60)53-29-33-22-24-34(25-23-33)30-57-46(36-15-7-3-8-16-36)44(35-13-5-2-6-14-35)45-47(51)58(32-54-48(45)57)37-17-9-4-10-18-37/h2-3,5-8,11,13-16,19-20,22-25,31-32,37,41,51-52H,4,9-10,12,17-18,21,26-30H2,1H3,(H,53,60)(H,55,61,62). The zero-order valence-corrected chi connectivity index (χ0v) is 35.4. The van der Waals surface area contributed by atoms with E-state index in [4.69, 9.17) is 4.98 Å². The van der Waals surface area contributed by atoms with Gasteiger partial charge < -0.3 is 24.7 Å². The SMILES string of the molecule is CN(C(=O)c1cccc(NCCCC(=O)NCc2ccc(Cn3c(-c4ccccc4)c(-c4ccccc4)c4c(=N)n(C5CCCCC5)cnc43)cc2)c1C=O)C1CCC(=O)NC1=O. The number of benzene rings is 4. The molecule has 4 amide bonds. The van der Waals surface area contributed by atoms with Crippen LogP contribution in [-0.4, -0.2) is 68.6 Å². The Morgan fingerprint density at radius 1 is 0.873 bits per heavy atom. The van der Waals surface area contributed by atoms with Crippen LogP contribution >= 0.6 is 0 Å². The second-order valence-corrected chi connectivity index (χ2v) is 16.4. The maximum atomic E-state index is 13.4. The van der Waals surface area contributed by atoms with Crippen molar-refractivity contribution in [3.05, 3.63) is 137 Å². The monoisotopic (exact) mass is 844 g/mol. The molecule has 13 heteroatoms. The maximum Gasteiger partial charge on any atom is 0.255 e. The van der Waals surface area contributed by atoms with Crippen molar-refractivity contribution in [1.82, 2.24) is 29.7 Å². The lowest BCUT2D eigenvalue weighted by molar-refractivity contribution is -0.136. The van der Waals surface area contributed by atoms with E-state index in [1.165, 1.54) is 24.4 Å². The van der Waals surface area contributed by atoms with Gasteiger partial charge in [0.2, 0.25) is 17.7 Å². The minimum absolute atomic E-state index is 0.117. The average molecular weight is 845 g/mol. The van der Waals surface area contributed by atoms with Gasteiger partial charge in [-0.2, -0.15) is 0 Å². The van der Waals surface area contributed by atoms with Crippen molar-refractivity contribution in [3.63, 3.8) is 0 Å². The number of aldehydes is 1. The molecule has 1 unspecified atom stereocenters. The highest BCUT2D eigenvalue weighted by molar-refractivity contribution is 6.07. The predicted octanol–water partition coefficient (Wildman–Crippen LogP) is 7.40. The van der Waals surface area contributed by atoms with E-state index in [1.54, 1.807) is 12.1 Å². The third kappa shape index (κ3) is 9.23. The summed E-state index contributed by atoms with van der Waals surface area (Å²) in [5, 5.41) is 18.9. The van der Waals surface area contributed by atoms with Crippen molar-refractivity contribution in [2.24, 2.45) is 0 Å². The number of anilines is 1. The number of aromatic nitrogens is 3. The maximum absolute atomic E-state index is 13.4. The van der Waals surface area contributed by atoms with E-state index in [9.17, 15) is 29.4 Å². The highest BCUT2D eigenvalue weighted by Crippen LogP contribution is 2.40. The Morgan fingerprint density at radius 3 is 2.27 bits per heavy atom. The second kappa shape index (κ2) is 19.3. The number of amides is 4. The summed E-state index contributed by atoms with van der Waals surface area (Å²) in [5.74, 6) is -1.54. The number of carbonyl (C=O) groups excluding carboxylic acids is 5. The van der Waals surface area contributed by atoms with Crippen molar-refractivity contribution in [1.29, 1.82) is 5.41 Å². The zero-order chi connectivity index (χ0) is 43.9. The fraction of sp³-hybridized carbons (Fsp3) is 0.300. The van der Waals surface area contributed by atoms with Gasteiger partial charge in [-0.1, -0.05) is 110 Å². The summed E-state index contributed by atoms with van der Waals surface area (Å²) in [6.45, 7) is 1.27. The summed E-state index contributed by atoms with van der Waals surface area (Å²) < 4.78 is 4.33. The quantitative estimate of drug-likeness (QED) is 0.0474. The highest BCUT2D eigenvalue weighted by Gasteiger charge is 2.33. The minimum atomic E-state index is -0.815. The van der Waals surface area contributed by atoms with E-state index >= 15 is 0 Å². The molecule has 3 heterocycles. The Kier molecular flexibility index (Phi) is 13.0. The van der Waals surface area contributed by atoms with Crippen LogP contribution in [0.15, 0.2) is 109 Å². The van der Waals surface area contributed by atoms with Gasteiger partial charge in [0.25, 0.3) is 5.91 Å². The molecular formula is C50H52N8O5. The van der Waals surface area contributed by atoms with Gasteiger partial charge in [0.15, 0.2) is 6.29 Å². The van der Waals surface area contributed by atoms with E-state index in [-0.39, 0.29) is 48.2 Å². The van der Waals surface area contributed by atoms with E-state index in [2.05, 4.69) is 61.5 Å². The van der Waals surface area contributed by atoms with Crippen molar-refractivity contribution >= 4 is 46.6 Å². The predicted molar refractivity (Wildman–Crippen MR) is 242 cm³/mol. The molecule has 2 fully saturated rings. The van der Waals surface area contributed by atoms with Crippen molar-refractivity contribution in [2.75, 3.05) is 18.9 Å². The van der Waals surface area contributed by atoms with Crippen LogP contribution in [0.2, 0.25) is 0 Å². The number of rotatable bonds is 15. The molecular weight excluding hydrogens is 793 g/mol. The number of piperidine rings is 1. The molecule has 63 heavy (non-hydrogen) atoms. The molecule has 2 aromatic heterocycles. The smallest absolute Gasteiger partial charge is 0.255 e. The summed E-state index contributed by atoms with van der Waals surface area (Å²) in [5.41, 5.74) is 8.16. The summed E-state index contributed by atoms with van der Waals surface area (Å²) in [6.07, 6.45) is 9.21. The van der Waals surface area contributed by atoms with Crippen molar-refractivity contribution < 1.29 is 24.0 Å². The summed E-state index contributed by atoms with van der Waals surface area (Å²) in [6, 6.07) is 33.2. The highest BCUT2D eigenvalue weighted by atomic mass is 16.2. The van der Waals surface area contributed by atoms with Gasteiger partial charge in [-0.25, -0.2) is 4.98 Å². The topological polar surface area (TPSA) is 171 Å². The first-order chi connectivity index (χ1) is 30.7. The Hall–Kier alpha value is -7.15. The van der Waals surface area contributed by atoms with Crippen LogP contribution in [-0.2, 0) is 27.5 Å². The molecule has 0 radical (unpaired) electrons. The Balaban J connectivity index is 0.926. The molecule has 1 saturated carbocycles. The van der Waals surface area contributed by atoms with Gasteiger partial charge in [0.05, 0.1) is 28.5 Å². The third-order valence-corrected chi connectivity index (χ3v) is 12.3. The molecule has 322 valence electrons. The molecule has 4 aromatic carbocycles. The fourth-order valence-electron chi connectivity index (χ4n) is 8.96. The molecule has 1 saturated heterocycles. The molecule has 2 aliphatic rings. The first-order valence-corrected chi connectivity index (χ1v) is 21.8. The lowest BCUT2D eigenvalue weighted by Crippen LogP contribution is -2.53. The Bertz CT molecular complexity index is 2700. The molecule has 8 rings (SSSR count). The zero-order valence-electron chi connectivity index (χ0n) is 35.4. The van der Waals surface area contributed by atoms with Crippen LogP contribution in [0.3, 0.4) is 0 Å². The summed E-state index contributed by atoms with van der Waals surface area (Å²) in [7, 11) is 1.48. The van der Waals surface area contributed by atoms with E-state index in [1.807, 2.05) is 54.9 Å². The second-order valence-electron chi connectivity index (χ2n) is 16.4. The van der Waals surface area contributed by atoms with Crippen molar-refractivity contribution in [2.45, 2.75) is 83.0 Å². The molecule has 13 nitrogen and oxygen atoms in total. The summed E-state index contributed by atoms with van der Waals surface area (Å²) >= 11 is 0. The van der Waals surface area contributed by atoms with Crippen molar-refractivity contribution in [3.8, 4) is 22.4 Å². The number of imide groups is 1. The normalized spacial score (nSPS) is 15.5. The average Bonchev–Trinajstić information content (AvgIpc) is 3.64. The van der Waals surface area contributed by atoms with E-state index < -0.39 is 17.9 Å². The molecule has 0 spiro atoms. The number of carbonyl (C=O) groups is 5. The molecule has 4 N–H and O–H groups in total. The number of nitrogens with one attached hydrogen (secondary N) is 4. The van der Waals surface area contributed by atoms with Gasteiger partial charge in [-0.3, -0.25) is 34.7 Å². The van der Waals surface area contributed by atoms with E-state index in [0.717, 1.165) is 70.2 Å². The van der Waals surface area contributed by atoms with E-state index in [0.29, 0.717) is 43.5 Å². The molecule has 6 aromatic rings. The Morgan fingerprint density at radius 2 is 1.57 bits per heavy atom. The fourth-order valence-corrected chi connectivity index (χ4v) is 8.96. The van der Waals surface area contributed by atoms with Gasteiger partial charge in [0, 0.05) is 56.8 Å². The molecule has 1 aliphatic carbocycles. The van der Waals surface area contributed by atoms with Gasteiger partial charge in [0.1, 0.15) is 17.2 Å². The first-order valence-electron chi connectivity index (χ1n) is 21.8. The van der Waals surface area contributed by atoms with Crippen LogP contribution in [0.25, 0.3) is 33.4 Å². The first kappa shape index (κ1) is 42.5. The van der Waals surface area contributed by atoms with Gasteiger partial charge >= 0.3 is 0 Å². The van der Waals surface area contributed by atoms with Crippen LogP contribution in [0.1, 0.15) is 95.7 Å². The van der Waals surface area contributed by atoms with Crippen LogP contribution in [0, 0.1) is 5.41 Å². The minimum Gasteiger partial charge on any atom is -0.384 e. The van der Waals surface area contributed by atoms with Crippen LogP contribution in [0.5, 0.6) is 0 Å².